The van der Waals surface area contributed by atoms with Crippen molar-refractivity contribution < 1.29 is 14.3 Å². The maximum Gasteiger partial charge on any atom is 0.316 e. The van der Waals surface area contributed by atoms with Crippen molar-refractivity contribution in [1.29, 1.82) is 0 Å². The van der Waals surface area contributed by atoms with Gasteiger partial charge in [0, 0.05) is 6.20 Å². The molecule has 0 atom stereocenters. The molecule has 9 nitrogen and oxygen atoms in total. The first-order valence-electron chi connectivity index (χ1n) is 6.88. The van der Waals surface area contributed by atoms with E-state index in [0.29, 0.717) is 27.3 Å². The van der Waals surface area contributed by atoms with Gasteiger partial charge in [0.05, 0.1) is 17.9 Å². The van der Waals surface area contributed by atoms with E-state index in [1.54, 1.807) is 29.7 Å². The average Bonchev–Trinajstić information content (AvgIpc) is 3.21. The lowest BCUT2D eigenvalue weighted by molar-refractivity contribution is -0.139. The molecule has 0 aliphatic rings. The van der Waals surface area contributed by atoms with Crippen LogP contribution in [0.4, 0.5) is 5.13 Å². The molecule has 0 saturated heterocycles. The fourth-order valence-electron chi connectivity index (χ4n) is 1.77. The molecule has 0 bridgehead atoms. The van der Waals surface area contributed by atoms with Crippen LogP contribution in [0, 0.1) is 0 Å². The summed E-state index contributed by atoms with van der Waals surface area (Å²) in [5, 5.41) is 18.5. The summed E-state index contributed by atoms with van der Waals surface area (Å²) in [6.45, 7) is 2.09. The Kier molecular flexibility index (Phi) is 5.01. The van der Waals surface area contributed by atoms with Gasteiger partial charge in [0.2, 0.25) is 5.13 Å². The topological polar surface area (TPSA) is 111 Å². The van der Waals surface area contributed by atoms with Crippen molar-refractivity contribution in [3.63, 3.8) is 0 Å². The highest BCUT2D eigenvalue weighted by molar-refractivity contribution is 8.01. The molecule has 0 aromatic carbocycles. The molecule has 11 heteroatoms. The van der Waals surface area contributed by atoms with E-state index in [1.165, 1.54) is 29.4 Å². The van der Waals surface area contributed by atoms with E-state index < -0.39 is 0 Å². The number of amides is 1. The number of fused-ring (bicyclic) bond motifs is 1. The fourth-order valence-corrected chi connectivity index (χ4v) is 3.32. The van der Waals surface area contributed by atoms with Crippen LogP contribution in [0.3, 0.4) is 0 Å². The molecule has 0 aliphatic heterocycles. The number of carbonyl (C=O) groups is 2. The lowest BCUT2D eigenvalue weighted by Gasteiger charge is -2.01. The van der Waals surface area contributed by atoms with E-state index in [1.807, 2.05) is 0 Å². The third-order valence-corrected chi connectivity index (χ3v) is 4.74. The van der Waals surface area contributed by atoms with Crippen LogP contribution < -0.4 is 5.32 Å². The van der Waals surface area contributed by atoms with Crippen LogP contribution in [-0.2, 0) is 9.53 Å². The zero-order valence-electron chi connectivity index (χ0n) is 12.5. The van der Waals surface area contributed by atoms with Crippen LogP contribution in [0.25, 0.3) is 5.65 Å². The van der Waals surface area contributed by atoms with Crippen molar-refractivity contribution in [3.8, 4) is 0 Å². The number of hydrogen-bond acceptors (Lipinski definition) is 9. The predicted molar refractivity (Wildman–Crippen MR) is 88.2 cm³/mol. The van der Waals surface area contributed by atoms with Gasteiger partial charge < -0.3 is 4.74 Å². The highest BCUT2D eigenvalue weighted by atomic mass is 32.2. The Bertz CT molecular complexity index is 877. The van der Waals surface area contributed by atoms with Gasteiger partial charge in [0.15, 0.2) is 9.99 Å². The van der Waals surface area contributed by atoms with Gasteiger partial charge in [-0.2, -0.15) is 0 Å². The molecule has 0 saturated carbocycles. The van der Waals surface area contributed by atoms with Crippen LogP contribution >= 0.6 is 23.1 Å². The minimum absolute atomic E-state index is 0.153. The first-order valence-corrected chi connectivity index (χ1v) is 8.68. The predicted octanol–water partition coefficient (Wildman–Crippen LogP) is 1.49. The van der Waals surface area contributed by atoms with Gasteiger partial charge in [0.1, 0.15) is 6.33 Å². The van der Waals surface area contributed by atoms with E-state index in [-0.39, 0.29) is 17.6 Å². The Labute approximate surface area is 144 Å². The van der Waals surface area contributed by atoms with Crippen LogP contribution in [0.2, 0.25) is 0 Å². The molecule has 3 aromatic rings. The molecular weight excluding hydrogens is 352 g/mol. The molecule has 1 amide bonds. The Morgan fingerprint density at radius 2 is 2.21 bits per heavy atom. The molecule has 0 unspecified atom stereocenters. The number of hydrogen-bond donors (Lipinski definition) is 1. The Balaban J connectivity index is 1.61. The molecule has 124 valence electrons. The number of aromatic nitrogens is 5. The first kappa shape index (κ1) is 16.3. The van der Waals surface area contributed by atoms with Gasteiger partial charge in [-0.1, -0.05) is 23.1 Å². The normalized spacial score (nSPS) is 10.7. The van der Waals surface area contributed by atoms with E-state index in [4.69, 9.17) is 4.74 Å². The summed E-state index contributed by atoms with van der Waals surface area (Å²) in [7, 11) is 0. The summed E-state index contributed by atoms with van der Waals surface area (Å²) >= 11 is 2.40. The molecule has 0 aliphatic carbocycles. The van der Waals surface area contributed by atoms with Gasteiger partial charge >= 0.3 is 5.97 Å². The summed E-state index contributed by atoms with van der Waals surface area (Å²) in [5.41, 5.74) is 1.10. The zero-order chi connectivity index (χ0) is 16.9. The number of nitrogens with one attached hydrogen (secondary N) is 1. The summed E-state index contributed by atoms with van der Waals surface area (Å²) in [5.74, 6) is -0.477. The van der Waals surface area contributed by atoms with E-state index in [2.05, 4.69) is 25.7 Å². The number of nitrogens with zero attached hydrogens (tertiary/aromatic N) is 5. The first-order chi connectivity index (χ1) is 11.7. The van der Waals surface area contributed by atoms with Gasteiger partial charge in [-0.3, -0.25) is 19.3 Å². The third kappa shape index (κ3) is 3.86. The second kappa shape index (κ2) is 7.36. The molecule has 1 N–H and O–H groups in total. The number of rotatable bonds is 6. The van der Waals surface area contributed by atoms with Crippen molar-refractivity contribution in [1.82, 2.24) is 24.8 Å². The third-order valence-electron chi connectivity index (χ3n) is 2.80. The maximum atomic E-state index is 12.2. The number of thioether (sulfide) groups is 1. The Morgan fingerprint density at radius 3 is 3.04 bits per heavy atom. The molecular formula is C13H12N6O3S2. The van der Waals surface area contributed by atoms with Crippen molar-refractivity contribution in [2.24, 2.45) is 0 Å². The second-order valence-electron chi connectivity index (χ2n) is 4.44. The van der Waals surface area contributed by atoms with Crippen molar-refractivity contribution >= 4 is 45.8 Å². The van der Waals surface area contributed by atoms with Crippen molar-refractivity contribution in [3.05, 3.63) is 30.2 Å². The quantitative estimate of drug-likeness (QED) is 0.398. The maximum absolute atomic E-state index is 12.2. The number of ether oxygens (including phenoxy) is 1. The largest absolute Gasteiger partial charge is 0.465 e. The smallest absolute Gasteiger partial charge is 0.316 e. The van der Waals surface area contributed by atoms with Crippen LogP contribution in [0.1, 0.15) is 17.3 Å². The second-order valence-corrected chi connectivity index (χ2v) is 6.64. The lowest BCUT2D eigenvalue weighted by atomic mass is 10.2. The van der Waals surface area contributed by atoms with Crippen molar-refractivity contribution in [2.75, 3.05) is 17.7 Å². The molecule has 3 heterocycles. The molecule has 3 rings (SSSR count). The zero-order valence-corrected chi connectivity index (χ0v) is 14.1. The van der Waals surface area contributed by atoms with Crippen molar-refractivity contribution in [2.45, 2.75) is 11.3 Å². The molecule has 0 spiro atoms. The highest BCUT2D eigenvalue weighted by Gasteiger charge is 2.13. The summed E-state index contributed by atoms with van der Waals surface area (Å²) in [6.07, 6.45) is 3.14. The SMILES string of the molecule is CCOC(=O)CSc1nnc(NC(=O)c2ccc3nncn3c2)s1. The minimum Gasteiger partial charge on any atom is -0.465 e. The van der Waals surface area contributed by atoms with Gasteiger partial charge in [0.25, 0.3) is 5.91 Å². The summed E-state index contributed by atoms with van der Waals surface area (Å²) < 4.78 is 7.06. The van der Waals surface area contributed by atoms with Gasteiger partial charge in [-0.25, -0.2) is 0 Å². The fraction of sp³-hybridized carbons (Fsp3) is 0.231. The summed E-state index contributed by atoms with van der Waals surface area (Å²) in [6, 6.07) is 3.35. The van der Waals surface area contributed by atoms with Crippen LogP contribution in [0.15, 0.2) is 29.0 Å². The van der Waals surface area contributed by atoms with E-state index in [9.17, 15) is 9.59 Å². The van der Waals surface area contributed by atoms with Crippen LogP contribution in [-0.4, -0.2) is 49.0 Å². The number of esters is 1. The molecule has 3 aromatic heterocycles. The van der Waals surface area contributed by atoms with Gasteiger partial charge in [-0.05, 0) is 19.1 Å². The average molecular weight is 364 g/mol. The minimum atomic E-state index is -0.316. The highest BCUT2D eigenvalue weighted by Crippen LogP contribution is 2.25. The number of carbonyl (C=O) groups excluding carboxylic acids is 2. The standard InChI is InChI=1S/C13H12N6O3S2/c1-2-22-10(20)6-23-13-18-17-12(24-13)15-11(21)8-3-4-9-16-14-7-19(9)5-8/h3-5,7H,2,6H2,1H3,(H,15,17,21). The summed E-state index contributed by atoms with van der Waals surface area (Å²) in [4.78, 5) is 23.5. The number of anilines is 1. The number of pyridine rings is 1. The lowest BCUT2D eigenvalue weighted by Crippen LogP contribution is -2.12. The molecule has 24 heavy (non-hydrogen) atoms. The molecule has 0 fully saturated rings. The monoisotopic (exact) mass is 364 g/mol. The van der Waals surface area contributed by atoms with Crippen LogP contribution in [0.5, 0.6) is 0 Å². The molecule has 0 radical (unpaired) electrons. The van der Waals surface area contributed by atoms with Gasteiger partial charge in [-0.15, -0.1) is 20.4 Å². The Morgan fingerprint density at radius 1 is 1.33 bits per heavy atom. The Hall–Kier alpha value is -2.53. The van der Waals surface area contributed by atoms with E-state index >= 15 is 0 Å². The van der Waals surface area contributed by atoms with E-state index in [0.717, 1.165) is 0 Å².